The van der Waals surface area contributed by atoms with E-state index in [1.54, 1.807) is 0 Å². The molecular formula is C17H20N4. The van der Waals surface area contributed by atoms with Gasteiger partial charge in [-0.05, 0) is 30.7 Å². The van der Waals surface area contributed by atoms with Crippen LogP contribution in [0.25, 0.3) is 10.9 Å². The van der Waals surface area contributed by atoms with Crippen molar-refractivity contribution in [2.45, 2.75) is 19.4 Å². The second kappa shape index (κ2) is 6.06. The number of para-hydroxylation sites is 1. The molecule has 4 heteroatoms. The van der Waals surface area contributed by atoms with E-state index in [1.807, 2.05) is 30.2 Å². The lowest BCUT2D eigenvalue weighted by molar-refractivity contribution is 0.530. The summed E-state index contributed by atoms with van der Waals surface area (Å²) in [4.78, 5) is 4.21. The van der Waals surface area contributed by atoms with Gasteiger partial charge in [0.1, 0.15) is 0 Å². The van der Waals surface area contributed by atoms with E-state index in [4.69, 9.17) is 5.10 Å². The molecule has 3 rings (SSSR count). The zero-order valence-electron chi connectivity index (χ0n) is 12.5. The number of pyridine rings is 1. The molecular weight excluding hydrogens is 260 g/mol. The van der Waals surface area contributed by atoms with Crippen LogP contribution in [0.5, 0.6) is 0 Å². The highest BCUT2D eigenvalue weighted by molar-refractivity contribution is 5.82. The third-order valence-electron chi connectivity index (χ3n) is 3.73. The predicted molar refractivity (Wildman–Crippen MR) is 85.1 cm³/mol. The summed E-state index contributed by atoms with van der Waals surface area (Å²) in [6.45, 7) is 3.04. The number of aromatic nitrogens is 3. The van der Waals surface area contributed by atoms with Gasteiger partial charge in [0.2, 0.25) is 0 Å². The fourth-order valence-corrected chi connectivity index (χ4v) is 2.77. The predicted octanol–water partition coefficient (Wildman–Crippen LogP) is 2.86. The minimum Gasteiger partial charge on any atom is -0.309 e. The molecule has 21 heavy (non-hydrogen) atoms. The number of nitrogens with one attached hydrogen (secondary N) is 1. The quantitative estimate of drug-likeness (QED) is 0.781. The fourth-order valence-electron chi connectivity index (χ4n) is 2.77. The molecule has 0 radical (unpaired) electrons. The molecule has 1 atom stereocenters. The van der Waals surface area contributed by atoms with Crippen LogP contribution in [-0.2, 0) is 13.5 Å². The van der Waals surface area contributed by atoms with Gasteiger partial charge < -0.3 is 5.32 Å². The van der Waals surface area contributed by atoms with E-state index >= 15 is 0 Å². The van der Waals surface area contributed by atoms with Crippen molar-refractivity contribution in [3.63, 3.8) is 0 Å². The molecule has 0 fully saturated rings. The Morgan fingerprint density at radius 2 is 2.05 bits per heavy atom. The van der Waals surface area contributed by atoms with Gasteiger partial charge in [0, 0.05) is 24.8 Å². The van der Waals surface area contributed by atoms with Gasteiger partial charge in [-0.2, -0.15) is 5.10 Å². The summed E-state index contributed by atoms with van der Waals surface area (Å²) in [5, 5.41) is 9.51. The van der Waals surface area contributed by atoms with Crippen LogP contribution in [0.15, 0.2) is 48.8 Å². The first-order chi connectivity index (χ1) is 10.3. The van der Waals surface area contributed by atoms with E-state index in [9.17, 15) is 0 Å². The van der Waals surface area contributed by atoms with Gasteiger partial charge in [0.15, 0.2) is 0 Å². The number of hydrogen-bond acceptors (Lipinski definition) is 3. The lowest BCUT2D eigenvalue weighted by Crippen LogP contribution is -2.23. The lowest BCUT2D eigenvalue weighted by atomic mass is 10.0. The van der Waals surface area contributed by atoms with E-state index in [0.29, 0.717) is 0 Å². The van der Waals surface area contributed by atoms with Crippen molar-refractivity contribution in [1.82, 2.24) is 20.1 Å². The Balaban J connectivity index is 1.99. The maximum Gasteiger partial charge on any atom is 0.0875 e. The molecule has 0 aliphatic carbocycles. The topological polar surface area (TPSA) is 42.7 Å². The van der Waals surface area contributed by atoms with Crippen molar-refractivity contribution in [1.29, 1.82) is 0 Å². The number of likely N-dealkylation sites (N-methyl/N-ethyl adjacent to an activating group) is 1. The van der Waals surface area contributed by atoms with Crippen LogP contribution in [-0.4, -0.2) is 21.3 Å². The largest absolute Gasteiger partial charge is 0.309 e. The summed E-state index contributed by atoms with van der Waals surface area (Å²) in [6.07, 6.45) is 4.63. The van der Waals surface area contributed by atoms with Crippen LogP contribution in [0.1, 0.15) is 24.2 Å². The second-order valence-corrected chi connectivity index (χ2v) is 5.20. The Hall–Kier alpha value is -2.20. The first-order valence-electron chi connectivity index (χ1n) is 7.33. The average molecular weight is 280 g/mol. The third kappa shape index (κ3) is 2.81. The molecule has 0 spiro atoms. The fraction of sp³-hybridized carbons (Fsp3) is 0.294. The minimum atomic E-state index is 0.199. The molecule has 2 heterocycles. The summed E-state index contributed by atoms with van der Waals surface area (Å²) in [5.74, 6) is 0. The van der Waals surface area contributed by atoms with Gasteiger partial charge in [-0.3, -0.25) is 9.67 Å². The van der Waals surface area contributed by atoms with Crippen molar-refractivity contribution in [2.24, 2.45) is 7.05 Å². The Kier molecular flexibility index (Phi) is 3.97. The highest BCUT2D eigenvalue weighted by Crippen LogP contribution is 2.25. The van der Waals surface area contributed by atoms with Crippen LogP contribution in [0, 0.1) is 0 Å². The molecule has 1 aromatic carbocycles. The van der Waals surface area contributed by atoms with Gasteiger partial charge in [0.05, 0.1) is 17.3 Å². The Bertz CT molecular complexity index is 718. The Labute approximate surface area is 124 Å². The van der Waals surface area contributed by atoms with Crippen LogP contribution < -0.4 is 5.32 Å². The molecule has 0 bridgehead atoms. The summed E-state index contributed by atoms with van der Waals surface area (Å²) in [6, 6.07) is 12.7. The molecule has 3 aromatic rings. The molecule has 0 aliphatic rings. The molecule has 0 saturated carbocycles. The number of benzene rings is 1. The molecule has 0 saturated heterocycles. The zero-order valence-corrected chi connectivity index (χ0v) is 12.5. The van der Waals surface area contributed by atoms with E-state index in [0.717, 1.165) is 18.7 Å². The van der Waals surface area contributed by atoms with Crippen LogP contribution in [0.3, 0.4) is 0 Å². The van der Waals surface area contributed by atoms with Crippen LogP contribution in [0.2, 0.25) is 0 Å². The Morgan fingerprint density at radius 1 is 1.19 bits per heavy atom. The minimum absolute atomic E-state index is 0.199. The van der Waals surface area contributed by atoms with E-state index in [-0.39, 0.29) is 6.04 Å². The van der Waals surface area contributed by atoms with Gasteiger partial charge in [-0.1, -0.05) is 31.2 Å². The highest BCUT2D eigenvalue weighted by atomic mass is 15.3. The summed E-state index contributed by atoms with van der Waals surface area (Å²) in [5.41, 5.74) is 3.50. The average Bonchev–Trinajstić information content (AvgIpc) is 2.86. The maximum absolute atomic E-state index is 4.74. The number of aryl methyl sites for hydroxylation is 1. The summed E-state index contributed by atoms with van der Waals surface area (Å²) in [7, 11) is 2.00. The molecule has 108 valence electrons. The standard InChI is InChI=1S/C17H20N4/c1-3-19-15(11-13-7-6-10-18-12-13)17-14-8-4-5-9-16(14)21(2)20-17/h4-10,12,15,19H,3,11H2,1-2H3. The summed E-state index contributed by atoms with van der Waals surface area (Å²) < 4.78 is 1.96. The second-order valence-electron chi connectivity index (χ2n) is 5.20. The highest BCUT2D eigenvalue weighted by Gasteiger charge is 2.18. The maximum atomic E-state index is 4.74. The molecule has 1 unspecified atom stereocenters. The van der Waals surface area contributed by atoms with Gasteiger partial charge >= 0.3 is 0 Å². The molecule has 4 nitrogen and oxygen atoms in total. The van der Waals surface area contributed by atoms with Gasteiger partial charge in [-0.15, -0.1) is 0 Å². The third-order valence-corrected chi connectivity index (χ3v) is 3.73. The zero-order chi connectivity index (χ0) is 14.7. The monoisotopic (exact) mass is 280 g/mol. The first-order valence-corrected chi connectivity index (χ1v) is 7.33. The molecule has 2 aromatic heterocycles. The smallest absolute Gasteiger partial charge is 0.0875 e. The number of fused-ring (bicyclic) bond motifs is 1. The molecule has 0 aliphatic heterocycles. The number of nitrogens with zero attached hydrogens (tertiary/aromatic N) is 3. The summed E-state index contributed by atoms with van der Waals surface area (Å²) >= 11 is 0. The van der Waals surface area contributed by atoms with Gasteiger partial charge in [-0.25, -0.2) is 0 Å². The SMILES string of the molecule is CCNC(Cc1cccnc1)c1nn(C)c2ccccc12. The number of hydrogen-bond donors (Lipinski definition) is 1. The van der Waals surface area contributed by atoms with Crippen molar-refractivity contribution in [2.75, 3.05) is 6.54 Å². The van der Waals surface area contributed by atoms with E-state index in [2.05, 4.69) is 47.6 Å². The van der Waals surface area contributed by atoms with Crippen molar-refractivity contribution in [3.05, 3.63) is 60.0 Å². The van der Waals surface area contributed by atoms with Crippen molar-refractivity contribution < 1.29 is 0 Å². The number of rotatable bonds is 5. The molecule has 1 N–H and O–H groups in total. The van der Waals surface area contributed by atoms with Crippen LogP contribution >= 0.6 is 0 Å². The van der Waals surface area contributed by atoms with Crippen LogP contribution in [0.4, 0.5) is 0 Å². The van der Waals surface area contributed by atoms with Crippen molar-refractivity contribution in [3.8, 4) is 0 Å². The first kappa shape index (κ1) is 13.8. The lowest BCUT2D eigenvalue weighted by Gasteiger charge is -2.16. The van der Waals surface area contributed by atoms with E-state index < -0.39 is 0 Å². The Morgan fingerprint density at radius 3 is 2.81 bits per heavy atom. The molecule has 0 amide bonds. The van der Waals surface area contributed by atoms with E-state index in [1.165, 1.54) is 16.5 Å². The van der Waals surface area contributed by atoms with Crippen molar-refractivity contribution >= 4 is 10.9 Å². The normalized spacial score (nSPS) is 12.7. The van der Waals surface area contributed by atoms with Gasteiger partial charge in [0.25, 0.3) is 0 Å².